The summed E-state index contributed by atoms with van der Waals surface area (Å²) in [5.74, 6) is 1.88. The Morgan fingerprint density at radius 2 is 1.58 bits per heavy atom. The van der Waals surface area contributed by atoms with E-state index in [9.17, 15) is 4.79 Å². The Labute approximate surface area is 195 Å². The number of carbonyl (C=O) groups excluding carboxylic acids is 1. The molecule has 0 radical (unpaired) electrons. The summed E-state index contributed by atoms with van der Waals surface area (Å²) in [5.41, 5.74) is 4.35. The van der Waals surface area contributed by atoms with Crippen molar-refractivity contribution in [1.29, 1.82) is 0 Å². The zero-order valence-corrected chi connectivity index (χ0v) is 19.2. The van der Waals surface area contributed by atoms with E-state index in [4.69, 9.17) is 14.5 Å². The molecule has 0 saturated carbocycles. The molecule has 4 rings (SSSR count). The van der Waals surface area contributed by atoms with E-state index in [0.29, 0.717) is 42.8 Å². The molecule has 0 unspecified atom stereocenters. The maximum Gasteiger partial charge on any atom is 0.278 e. The Morgan fingerprint density at radius 1 is 0.879 bits per heavy atom. The molecular formula is C28H28N2O3. The number of amidine groups is 1. The van der Waals surface area contributed by atoms with E-state index in [-0.39, 0.29) is 5.91 Å². The third-order valence-corrected chi connectivity index (χ3v) is 5.31. The minimum absolute atomic E-state index is 0.124. The molecule has 3 aromatic rings. The van der Waals surface area contributed by atoms with Gasteiger partial charge in [-0.1, -0.05) is 66.2 Å². The monoisotopic (exact) mass is 440 g/mol. The second kappa shape index (κ2) is 10.2. The van der Waals surface area contributed by atoms with Crippen molar-refractivity contribution < 1.29 is 14.3 Å². The summed E-state index contributed by atoms with van der Waals surface area (Å²) in [6, 6.07) is 23.7. The SMILES string of the molecule is CCOc1ccc(/C=C2/N=C(c3ccc(C)cc3)N(Cc3ccccc3)C2=O)cc1OCC. The van der Waals surface area contributed by atoms with Crippen LogP contribution in [0.1, 0.15) is 36.1 Å². The van der Waals surface area contributed by atoms with Crippen LogP contribution in [0.5, 0.6) is 11.5 Å². The lowest BCUT2D eigenvalue weighted by Gasteiger charge is -2.18. The number of ether oxygens (including phenoxy) is 2. The molecule has 1 aliphatic heterocycles. The second-order valence-corrected chi connectivity index (χ2v) is 7.78. The average Bonchev–Trinajstić information content (AvgIpc) is 3.12. The molecule has 0 spiro atoms. The predicted molar refractivity (Wildman–Crippen MR) is 131 cm³/mol. The topological polar surface area (TPSA) is 51.1 Å². The Bertz CT molecular complexity index is 1180. The van der Waals surface area contributed by atoms with Crippen LogP contribution in [0.4, 0.5) is 0 Å². The Balaban J connectivity index is 1.72. The van der Waals surface area contributed by atoms with Crippen molar-refractivity contribution in [2.24, 2.45) is 4.99 Å². The maximum atomic E-state index is 13.4. The van der Waals surface area contributed by atoms with E-state index >= 15 is 0 Å². The Kier molecular flexibility index (Phi) is 6.89. The normalized spacial score (nSPS) is 14.5. The van der Waals surface area contributed by atoms with E-state index in [1.54, 1.807) is 11.0 Å². The van der Waals surface area contributed by atoms with Crippen molar-refractivity contribution in [3.05, 3.63) is 101 Å². The van der Waals surface area contributed by atoms with Crippen LogP contribution in [0, 0.1) is 6.92 Å². The van der Waals surface area contributed by atoms with Crippen molar-refractivity contribution >= 4 is 17.8 Å². The fourth-order valence-electron chi connectivity index (χ4n) is 3.70. The summed E-state index contributed by atoms with van der Waals surface area (Å²) in [5, 5.41) is 0. The van der Waals surface area contributed by atoms with Crippen LogP contribution in [0.25, 0.3) is 6.08 Å². The number of nitrogens with zero attached hydrogens (tertiary/aromatic N) is 2. The lowest BCUT2D eigenvalue weighted by atomic mass is 10.1. The van der Waals surface area contributed by atoms with Crippen molar-refractivity contribution in [2.45, 2.75) is 27.3 Å². The molecule has 168 valence electrons. The fourth-order valence-corrected chi connectivity index (χ4v) is 3.70. The number of aliphatic imine (C=N–C) groups is 1. The highest BCUT2D eigenvalue weighted by molar-refractivity contribution is 6.19. The highest BCUT2D eigenvalue weighted by Crippen LogP contribution is 2.31. The standard InChI is InChI=1S/C28H28N2O3/c1-4-32-25-16-13-22(18-26(25)33-5-2)17-24-28(31)30(19-21-9-7-6-8-10-21)27(29-24)23-14-11-20(3)12-15-23/h6-18H,4-5,19H2,1-3H3/b24-17+. The number of hydrogen-bond acceptors (Lipinski definition) is 4. The van der Waals surface area contributed by atoms with Gasteiger partial charge in [0.15, 0.2) is 11.5 Å². The fraction of sp³-hybridized carbons (Fsp3) is 0.214. The van der Waals surface area contributed by atoms with Gasteiger partial charge >= 0.3 is 0 Å². The van der Waals surface area contributed by atoms with Gasteiger partial charge < -0.3 is 9.47 Å². The minimum atomic E-state index is -0.124. The van der Waals surface area contributed by atoms with Gasteiger partial charge in [-0.15, -0.1) is 0 Å². The summed E-state index contributed by atoms with van der Waals surface area (Å²) < 4.78 is 11.4. The van der Waals surface area contributed by atoms with Gasteiger partial charge in [-0.05, 0) is 50.1 Å². The zero-order valence-electron chi connectivity index (χ0n) is 19.2. The second-order valence-electron chi connectivity index (χ2n) is 7.78. The number of rotatable bonds is 8. The van der Waals surface area contributed by atoms with Gasteiger partial charge in [0.05, 0.1) is 19.8 Å². The molecular weight excluding hydrogens is 412 g/mol. The van der Waals surface area contributed by atoms with Crippen LogP contribution in [-0.2, 0) is 11.3 Å². The molecule has 1 heterocycles. The molecule has 0 aliphatic carbocycles. The number of aryl methyl sites for hydroxylation is 1. The van der Waals surface area contributed by atoms with E-state index < -0.39 is 0 Å². The number of amides is 1. The smallest absolute Gasteiger partial charge is 0.278 e. The lowest BCUT2D eigenvalue weighted by molar-refractivity contribution is -0.123. The summed E-state index contributed by atoms with van der Waals surface area (Å²) in [6.07, 6.45) is 1.81. The molecule has 0 saturated heterocycles. The predicted octanol–water partition coefficient (Wildman–Crippen LogP) is 5.62. The molecule has 1 aliphatic rings. The molecule has 0 N–H and O–H groups in total. The van der Waals surface area contributed by atoms with Crippen LogP contribution in [0.2, 0.25) is 0 Å². The van der Waals surface area contributed by atoms with E-state index in [2.05, 4.69) is 0 Å². The van der Waals surface area contributed by atoms with Crippen molar-refractivity contribution in [3.63, 3.8) is 0 Å². The molecule has 33 heavy (non-hydrogen) atoms. The highest BCUT2D eigenvalue weighted by atomic mass is 16.5. The van der Waals surface area contributed by atoms with Gasteiger partial charge in [-0.2, -0.15) is 0 Å². The Morgan fingerprint density at radius 3 is 2.27 bits per heavy atom. The third kappa shape index (κ3) is 5.14. The van der Waals surface area contributed by atoms with Gasteiger partial charge in [0, 0.05) is 5.56 Å². The van der Waals surface area contributed by atoms with Crippen molar-refractivity contribution in [1.82, 2.24) is 4.90 Å². The summed E-state index contributed by atoms with van der Waals surface area (Å²) in [6.45, 7) is 7.45. The molecule has 0 aromatic heterocycles. The van der Waals surface area contributed by atoms with E-state index in [1.807, 2.05) is 93.6 Å². The molecule has 5 heteroatoms. The molecule has 0 fully saturated rings. The quantitative estimate of drug-likeness (QED) is 0.427. The highest BCUT2D eigenvalue weighted by Gasteiger charge is 2.31. The van der Waals surface area contributed by atoms with Crippen LogP contribution in [0.15, 0.2) is 83.5 Å². The molecule has 0 atom stereocenters. The van der Waals surface area contributed by atoms with Gasteiger partial charge in [0.25, 0.3) is 5.91 Å². The van der Waals surface area contributed by atoms with Crippen LogP contribution >= 0.6 is 0 Å². The van der Waals surface area contributed by atoms with Gasteiger partial charge in [-0.3, -0.25) is 9.69 Å². The van der Waals surface area contributed by atoms with Gasteiger partial charge in [0.1, 0.15) is 11.5 Å². The Hall–Kier alpha value is -3.86. The molecule has 0 bridgehead atoms. The van der Waals surface area contributed by atoms with Crippen LogP contribution in [0.3, 0.4) is 0 Å². The lowest BCUT2D eigenvalue weighted by Crippen LogP contribution is -2.32. The average molecular weight is 441 g/mol. The van der Waals surface area contributed by atoms with Gasteiger partial charge in [0.2, 0.25) is 0 Å². The molecule has 5 nitrogen and oxygen atoms in total. The number of benzene rings is 3. The summed E-state index contributed by atoms with van der Waals surface area (Å²) in [4.78, 5) is 19.9. The largest absolute Gasteiger partial charge is 0.490 e. The number of carbonyl (C=O) groups is 1. The van der Waals surface area contributed by atoms with E-state index in [1.165, 1.54) is 0 Å². The first-order valence-corrected chi connectivity index (χ1v) is 11.2. The van der Waals surface area contributed by atoms with Crippen molar-refractivity contribution in [2.75, 3.05) is 13.2 Å². The van der Waals surface area contributed by atoms with E-state index in [0.717, 1.165) is 22.3 Å². The minimum Gasteiger partial charge on any atom is -0.490 e. The number of hydrogen-bond donors (Lipinski definition) is 0. The third-order valence-electron chi connectivity index (χ3n) is 5.31. The summed E-state index contributed by atoms with van der Waals surface area (Å²) in [7, 11) is 0. The zero-order chi connectivity index (χ0) is 23.2. The van der Waals surface area contributed by atoms with Crippen molar-refractivity contribution in [3.8, 4) is 11.5 Å². The first kappa shape index (κ1) is 22.3. The summed E-state index contributed by atoms with van der Waals surface area (Å²) >= 11 is 0. The molecule has 3 aromatic carbocycles. The van der Waals surface area contributed by atoms with Crippen LogP contribution < -0.4 is 9.47 Å². The molecule has 1 amide bonds. The maximum absolute atomic E-state index is 13.4. The first-order valence-electron chi connectivity index (χ1n) is 11.2. The van der Waals surface area contributed by atoms with Gasteiger partial charge in [-0.25, -0.2) is 4.99 Å². The first-order chi connectivity index (χ1) is 16.1. The van der Waals surface area contributed by atoms with Crippen LogP contribution in [-0.4, -0.2) is 29.9 Å².